The van der Waals surface area contributed by atoms with E-state index in [0.717, 1.165) is 24.2 Å². The van der Waals surface area contributed by atoms with Crippen molar-refractivity contribution in [3.05, 3.63) is 29.8 Å². The largest absolute Gasteiger partial charge is 0.496 e. The van der Waals surface area contributed by atoms with E-state index in [2.05, 4.69) is 5.32 Å². The molecule has 1 aromatic rings. The summed E-state index contributed by atoms with van der Waals surface area (Å²) in [7, 11) is -1.60. The smallest absolute Gasteiger partial charge is 0.224 e. The van der Waals surface area contributed by atoms with Gasteiger partial charge in [0.2, 0.25) is 15.9 Å². The van der Waals surface area contributed by atoms with Crippen LogP contribution in [0.25, 0.3) is 0 Å². The van der Waals surface area contributed by atoms with Gasteiger partial charge >= 0.3 is 0 Å². The van der Waals surface area contributed by atoms with Crippen LogP contribution < -0.4 is 10.1 Å². The Kier molecular flexibility index (Phi) is 6.01. The molecule has 1 atom stereocenters. The monoisotopic (exact) mass is 340 g/mol. The molecule has 1 saturated heterocycles. The third kappa shape index (κ3) is 4.94. The minimum atomic E-state index is -3.23. The topological polar surface area (TPSA) is 75.7 Å². The van der Waals surface area contributed by atoms with Crippen molar-refractivity contribution in [3.8, 4) is 5.75 Å². The zero-order valence-corrected chi connectivity index (χ0v) is 14.4. The number of hydrogen-bond acceptors (Lipinski definition) is 4. The number of nitrogens with zero attached hydrogens (tertiary/aromatic N) is 1. The molecule has 0 radical (unpaired) electrons. The Hall–Kier alpha value is -1.60. The SMILES string of the molecule is COc1ccccc1CCNC(=O)C1CCCN(S(C)(=O)=O)C1. The molecule has 1 fully saturated rings. The van der Waals surface area contributed by atoms with E-state index in [1.54, 1.807) is 7.11 Å². The summed E-state index contributed by atoms with van der Waals surface area (Å²) in [6, 6.07) is 7.70. The van der Waals surface area contributed by atoms with Crippen LogP contribution in [0.15, 0.2) is 24.3 Å². The first kappa shape index (κ1) is 17.7. The van der Waals surface area contributed by atoms with E-state index in [9.17, 15) is 13.2 Å². The quantitative estimate of drug-likeness (QED) is 0.839. The summed E-state index contributed by atoms with van der Waals surface area (Å²) in [6.45, 7) is 1.29. The maximum absolute atomic E-state index is 12.3. The molecule has 1 aromatic carbocycles. The molecule has 6 nitrogen and oxygen atoms in total. The minimum absolute atomic E-state index is 0.0757. The lowest BCUT2D eigenvalue weighted by molar-refractivity contribution is -0.126. The molecule has 0 spiro atoms. The fourth-order valence-electron chi connectivity index (χ4n) is 2.83. The number of hydrogen-bond donors (Lipinski definition) is 1. The Morgan fingerprint density at radius 3 is 2.83 bits per heavy atom. The standard InChI is InChI=1S/C16H24N2O4S/c1-22-15-8-4-3-6-13(15)9-10-17-16(19)14-7-5-11-18(12-14)23(2,20)21/h3-4,6,8,14H,5,7,9-12H2,1-2H3,(H,17,19). The highest BCUT2D eigenvalue weighted by atomic mass is 32.2. The van der Waals surface area contributed by atoms with Crippen molar-refractivity contribution in [3.63, 3.8) is 0 Å². The molecular weight excluding hydrogens is 316 g/mol. The summed E-state index contributed by atoms with van der Waals surface area (Å²) in [5.74, 6) is 0.465. The van der Waals surface area contributed by atoms with Crippen molar-refractivity contribution in [2.75, 3.05) is 33.0 Å². The van der Waals surface area contributed by atoms with E-state index >= 15 is 0 Å². The first-order valence-electron chi connectivity index (χ1n) is 7.76. The highest BCUT2D eigenvalue weighted by molar-refractivity contribution is 7.88. The Balaban J connectivity index is 1.85. The molecule has 1 aliphatic heterocycles. The Bertz CT molecular complexity index is 645. The molecule has 23 heavy (non-hydrogen) atoms. The fourth-order valence-corrected chi connectivity index (χ4v) is 3.74. The third-order valence-electron chi connectivity index (χ3n) is 4.11. The summed E-state index contributed by atoms with van der Waals surface area (Å²) < 4.78 is 29.9. The Morgan fingerprint density at radius 1 is 1.39 bits per heavy atom. The second-order valence-electron chi connectivity index (χ2n) is 5.81. The third-order valence-corrected chi connectivity index (χ3v) is 5.38. The van der Waals surface area contributed by atoms with Gasteiger partial charge in [0.05, 0.1) is 19.3 Å². The first-order valence-corrected chi connectivity index (χ1v) is 9.61. The Labute approximate surface area is 137 Å². The van der Waals surface area contributed by atoms with Gasteiger partial charge in [-0.2, -0.15) is 0 Å². The highest BCUT2D eigenvalue weighted by Gasteiger charge is 2.29. The van der Waals surface area contributed by atoms with Gasteiger partial charge in [0.25, 0.3) is 0 Å². The van der Waals surface area contributed by atoms with E-state index in [1.165, 1.54) is 10.6 Å². The number of carbonyl (C=O) groups is 1. The van der Waals surface area contributed by atoms with Gasteiger partial charge in [-0.25, -0.2) is 12.7 Å². The van der Waals surface area contributed by atoms with Gasteiger partial charge in [0.1, 0.15) is 5.75 Å². The second kappa shape index (κ2) is 7.79. The summed E-state index contributed by atoms with van der Waals surface area (Å²) in [5, 5.41) is 2.91. The lowest BCUT2D eigenvalue weighted by Crippen LogP contribution is -2.45. The van der Waals surface area contributed by atoms with Gasteiger partial charge in [-0.3, -0.25) is 4.79 Å². The van der Waals surface area contributed by atoms with Gasteiger partial charge in [-0.05, 0) is 30.9 Å². The van der Waals surface area contributed by atoms with Crippen molar-refractivity contribution in [2.24, 2.45) is 5.92 Å². The minimum Gasteiger partial charge on any atom is -0.496 e. The molecule has 1 aliphatic rings. The molecule has 0 bridgehead atoms. The summed E-state index contributed by atoms with van der Waals surface area (Å²) in [6.07, 6.45) is 3.32. The molecular formula is C16H24N2O4S. The molecule has 0 aliphatic carbocycles. The summed E-state index contributed by atoms with van der Waals surface area (Å²) in [4.78, 5) is 12.3. The van der Waals surface area contributed by atoms with Crippen molar-refractivity contribution in [1.29, 1.82) is 0 Å². The highest BCUT2D eigenvalue weighted by Crippen LogP contribution is 2.19. The first-order chi connectivity index (χ1) is 10.9. The van der Waals surface area contributed by atoms with Gasteiger partial charge in [0, 0.05) is 19.6 Å². The Morgan fingerprint density at radius 2 is 2.13 bits per heavy atom. The predicted molar refractivity (Wildman–Crippen MR) is 88.8 cm³/mol. The maximum Gasteiger partial charge on any atom is 0.224 e. The van der Waals surface area contributed by atoms with Crippen molar-refractivity contribution in [1.82, 2.24) is 9.62 Å². The lowest BCUT2D eigenvalue weighted by atomic mass is 9.98. The zero-order chi connectivity index (χ0) is 16.9. The van der Waals surface area contributed by atoms with Crippen LogP contribution in [0.5, 0.6) is 5.75 Å². The number of nitrogens with one attached hydrogen (secondary N) is 1. The number of carbonyl (C=O) groups excluding carboxylic acids is 1. The van der Waals surface area contributed by atoms with Crippen LogP contribution in [-0.2, 0) is 21.2 Å². The fraction of sp³-hybridized carbons (Fsp3) is 0.562. The number of piperidine rings is 1. The molecule has 1 heterocycles. The molecule has 7 heteroatoms. The number of sulfonamides is 1. The number of benzene rings is 1. The lowest BCUT2D eigenvalue weighted by Gasteiger charge is -2.30. The van der Waals surface area contributed by atoms with Crippen LogP contribution in [0.1, 0.15) is 18.4 Å². The van der Waals surface area contributed by atoms with E-state index < -0.39 is 10.0 Å². The van der Waals surface area contributed by atoms with Crippen molar-refractivity contribution in [2.45, 2.75) is 19.3 Å². The normalized spacial score (nSPS) is 19.3. The van der Waals surface area contributed by atoms with Crippen LogP contribution in [0, 0.1) is 5.92 Å². The second-order valence-corrected chi connectivity index (χ2v) is 7.80. The van der Waals surface area contributed by atoms with Gasteiger partial charge in [-0.15, -0.1) is 0 Å². The molecule has 0 saturated carbocycles. The summed E-state index contributed by atoms with van der Waals surface area (Å²) >= 11 is 0. The van der Waals surface area contributed by atoms with Gasteiger partial charge in [0.15, 0.2) is 0 Å². The van der Waals surface area contributed by atoms with Crippen LogP contribution in [-0.4, -0.2) is 51.6 Å². The molecule has 128 valence electrons. The van der Waals surface area contributed by atoms with Crippen LogP contribution in [0.4, 0.5) is 0 Å². The number of rotatable bonds is 6. The van der Waals surface area contributed by atoms with E-state index in [4.69, 9.17) is 4.74 Å². The zero-order valence-electron chi connectivity index (χ0n) is 13.6. The number of methoxy groups -OCH3 is 1. The summed E-state index contributed by atoms with van der Waals surface area (Å²) in [5.41, 5.74) is 1.04. The maximum atomic E-state index is 12.3. The molecule has 1 amide bonds. The van der Waals surface area contributed by atoms with E-state index in [-0.39, 0.29) is 18.4 Å². The van der Waals surface area contributed by atoms with Crippen LogP contribution >= 0.6 is 0 Å². The average Bonchev–Trinajstić information content (AvgIpc) is 2.54. The van der Waals surface area contributed by atoms with Crippen molar-refractivity contribution >= 4 is 15.9 Å². The molecule has 0 aromatic heterocycles. The van der Waals surface area contributed by atoms with Crippen LogP contribution in [0.2, 0.25) is 0 Å². The van der Waals surface area contributed by atoms with Gasteiger partial charge < -0.3 is 10.1 Å². The average molecular weight is 340 g/mol. The molecule has 1 N–H and O–H groups in total. The predicted octanol–water partition coefficient (Wildman–Crippen LogP) is 1.03. The van der Waals surface area contributed by atoms with E-state index in [0.29, 0.717) is 19.5 Å². The number of para-hydroxylation sites is 1. The van der Waals surface area contributed by atoms with E-state index in [1.807, 2.05) is 24.3 Å². The van der Waals surface area contributed by atoms with Crippen molar-refractivity contribution < 1.29 is 17.9 Å². The number of amides is 1. The number of ether oxygens (including phenoxy) is 1. The molecule has 2 rings (SSSR count). The van der Waals surface area contributed by atoms with Gasteiger partial charge in [-0.1, -0.05) is 18.2 Å². The molecule has 1 unspecified atom stereocenters. The van der Waals surface area contributed by atoms with Crippen LogP contribution in [0.3, 0.4) is 0 Å².